The van der Waals surface area contributed by atoms with Crippen LogP contribution in [-0.4, -0.2) is 67.6 Å². The number of carboxylic acid groups (broad SMARTS) is 1. The van der Waals surface area contributed by atoms with Gasteiger partial charge in [0.25, 0.3) is 5.91 Å². The fourth-order valence-electron chi connectivity index (χ4n) is 2.10. The number of carbonyl (C=O) groups is 2. The number of amides is 1. The van der Waals surface area contributed by atoms with Gasteiger partial charge in [0, 0.05) is 13.1 Å². The van der Waals surface area contributed by atoms with Crippen LogP contribution in [0.4, 0.5) is 0 Å². The van der Waals surface area contributed by atoms with E-state index in [0.717, 1.165) is 13.1 Å². The summed E-state index contributed by atoms with van der Waals surface area (Å²) in [6.07, 6.45) is 1.44. The van der Waals surface area contributed by atoms with Crippen molar-refractivity contribution in [1.29, 1.82) is 0 Å². The molecule has 0 aliphatic carbocycles. The van der Waals surface area contributed by atoms with Crippen LogP contribution < -0.4 is 10.2 Å². The third-order valence-electron chi connectivity index (χ3n) is 3.23. The van der Waals surface area contributed by atoms with Crippen LogP contribution in [0.15, 0.2) is 21.7 Å². The Morgan fingerprint density at radius 3 is 2.80 bits per heavy atom. The Balaban J connectivity index is 1.89. The van der Waals surface area contributed by atoms with Crippen molar-refractivity contribution in [3.05, 3.63) is 27.2 Å². The molecule has 8 nitrogen and oxygen atoms in total. The molecule has 10 heteroatoms. The van der Waals surface area contributed by atoms with Gasteiger partial charge in [-0.3, -0.25) is 9.69 Å². The van der Waals surface area contributed by atoms with Crippen molar-refractivity contribution < 1.29 is 24.2 Å². The molecule has 1 aliphatic heterocycles. The van der Waals surface area contributed by atoms with E-state index >= 15 is 0 Å². The molecule has 1 saturated heterocycles. The maximum absolute atomic E-state index is 11.8. The molecule has 2 rings (SSSR count). The minimum Gasteiger partial charge on any atom is -0.479 e. The van der Waals surface area contributed by atoms with Gasteiger partial charge in [-0.2, -0.15) is 5.10 Å². The van der Waals surface area contributed by atoms with Gasteiger partial charge in [-0.15, -0.1) is 0 Å². The summed E-state index contributed by atoms with van der Waals surface area (Å²) in [7, 11) is 0. The van der Waals surface area contributed by atoms with E-state index in [1.54, 1.807) is 12.1 Å². The third kappa shape index (κ3) is 6.62. The normalized spacial score (nSPS) is 15.3. The first-order chi connectivity index (χ1) is 12.0. The number of rotatable bonds is 7. The van der Waals surface area contributed by atoms with E-state index in [4.69, 9.17) is 26.2 Å². The average Bonchev–Trinajstić information content (AvgIpc) is 2.54. The van der Waals surface area contributed by atoms with Crippen molar-refractivity contribution in [3.63, 3.8) is 0 Å². The van der Waals surface area contributed by atoms with E-state index < -0.39 is 12.6 Å². The summed E-state index contributed by atoms with van der Waals surface area (Å²) in [5.41, 5.74) is 3.07. The van der Waals surface area contributed by atoms with E-state index in [-0.39, 0.29) is 23.2 Å². The summed E-state index contributed by atoms with van der Waals surface area (Å²) in [4.78, 5) is 24.4. The number of hydrazone groups is 1. The molecule has 25 heavy (non-hydrogen) atoms. The number of aliphatic carboxylic acids is 1. The Hall–Kier alpha value is -1.68. The zero-order valence-corrected chi connectivity index (χ0v) is 15.5. The van der Waals surface area contributed by atoms with Crippen LogP contribution in [0.5, 0.6) is 5.75 Å². The molecule has 0 saturated carbocycles. The monoisotopic (exact) mass is 433 g/mol. The molecule has 1 heterocycles. The van der Waals surface area contributed by atoms with Crippen LogP contribution in [-0.2, 0) is 14.3 Å². The molecule has 1 aromatic rings. The number of nitrogens with zero attached hydrogens (tertiary/aromatic N) is 2. The van der Waals surface area contributed by atoms with Crippen molar-refractivity contribution >= 4 is 45.6 Å². The summed E-state index contributed by atoms with van der Waals surface area (Å²) in [5.74, 6) is -1.08. The van der Waals surface area contributed by atoms with Crippen LogP contribution in [0.25, 0.3) is 0 Å². The van der Waals surface area contributed by atoms with Gasteiger partial charge in [0.2, 0.25) is 0 Å². The molecule has 136 valence electrons. The van der Waals surface area contributed by atoms with Crippen LogP contribution in [0.3, 0.4) is 0 Å². The maximum Gasteiger partial charge on any atom is 0.341 e. The van der Waals surface area contributed by atoms with E-state index in [1.807, 2.05) is 4.90 Å². The molecule has 0 aromatic heterocycles. The first-order valence-electron chi connectivity index (χ1n) is 7.41. The second-order valence-corrected chi connectivity index (χ2v) is 6.44. The van der Waals surface area contributed by atoms with Crippen molar-refractivity contribution in [1.82, 2.24) is 10.3 Å². The summed E-state index contributed by atoms with van der Waals surface area (Å²) in [6, 6.07) is 3.21. The second-order valence-electron chi connectivity index (χ2n) is 5.18. The van der Waals surface area contributed by atoms with E-state index in [0.29, 0.717) is 23.2 Å². The van der Waals surface area contributed by atoms with Gasteiger partial charge >= 0.3 is 5.97 Å². The standard InChI is InChI=1S/C15H17BrClN3O5/c16-11-5-10(6-12(17)15(11)25-9-14(22)23)7-18-19-13(21)8-20-1-3-24-4-2-20/h5-7H,1-4,8-9H2,(H,19,21)(H,22,23)/b18-7-. The van der Waals surface area contributed by atoms with Gasteiger partial charge in [0.15, 0.2) is 12.4 Å². The fraction of sp³-hybridized carbons (Fsp3) is 0.400. The van der Waals surface area contributed by atoms with Crippen LogP contribution in [0.2, 0.25) is 5.02 Å². The average molecular weight is 435 g/mol. The van der Waals surface area contributed by atoms with Crippen LogP contribution in [0.1, 0.15) is 5.56 Å². The second kappa shape index (κ2) is 9.71. The molecule has 1 aliphatic rings. The Morgan fingerprint density at radius 1 is 1.44 bits per heavy atom. The molecule has 0 spiro atoms. The van der Waals surface area contributed by atoms with E-state index in [2.05, 4.69) is 26.5 Å². The van der Waals surface area contributed by atoms with Crippen LogP contribution >= 0.6 is 27.5 Å². The van der Waals surface area contributed by atoms with E-state index in [9.17, 15) is 9.59 Å². The number of benzene rings is 1. The Bertz CT molecular complexity index is 642. The van der Waals surface area contributed by atoms with Crippen molar-refractivity contribution in [2.24, 2.45) is 5.10 Å². The molecule has 2 N–H and O–H groups in total. The molecule has 0 bridgehead atoms. The highest BCUT2D eigenvalue weighted by Gasteiger charge is 2.14. The summed E-state index contributed by atoms with van der Waals surface area (Å²) >= 11 is 9.34. The minimum atomic E-state index is -1.10. The SMILES string of the molecule is O=C(O)COc1c(Cl)cc(/C=N\NC(=O)CN2CCOCC2)cc1Br. The van der Waals surface area contributed by atoms with Gasteiger partial charge in [-0.25, -0.2) is 10.2 Å². The molecule has 1 fully saturated rings. The van der Waals surface area contributed by atoms with E-state index in [1.165, 1.54) is 6.21 Å². The number of carboxylic acids is 1. The Labute approximate surface area is 157 Å². The highest BCUT2D eigenvalue weighted by atomic mass is 79.9. The largest absolute Gasteiger partial charge is 0.479 e. The maximum atomic E-state index is 11.8. The van der Waals surface area contributed by atoms with Crippen molar-refractivity contribution in [2.45, 2.75) is 0 Å². The zero-order chi connectivity index (χ0) is 18.2. The predicted octanol–water partition coefficient (Wildman–Crippen LogP) is 1.35. The highest BCUT2D eigenvalue weighted by molar-refractivity contribution is 9.10. The molecule has 0 unspecified atom stereocenters. The molecular weight excluding hydrogens is 418 g/mol. The number of morpholine rings is 1. The number of hydrogen-bond donors (Lipinski definition) is 2. The van der Waals surface area contributed by atoms with Gasteiger partial charge in [0.05, 0.1) is 35.5 Å². The molecule has 0 atom stereocenters. The lowest BCUT2D eigenvalue weighted by Gasteiger charge is -2.25. The molecule has 0 radical (unpaired) electrons. The lowest BCUT2D eigenvalue weighted by molar-refractivity contribution is -0.139. The lowest BCUT2D eigenvalue weighted by atomic mass is 10.2. The highest BCUT2D eigenvalue weighted by Crippen LogP contribution is 2.34. The zero-order valence-electron chi connectivity index (χ0n) is 13.2. The van der Waals surface area contributed by atoms with Crippen LogP contribution in [0, 0.1) is 0 Å². The summed E-state index contributed by atoms with van der Waals surface area (Å²) < 4.78 is 10.8. The van der Waals surface area contributed by atoms with Gasteiger partial charge < -0.3 is 14.6 Å². The molecular formula is C15H17BrClN3O5. The molecule has 1 amide bonds. The molecule has 1 aromatic carbocycles. The summed E-state index contributed by atoms with van der Waals surface area (Å²) in [6.45, 7) is 2.45. The smallest absolute Gasteiger partial charge is 0.341 e. The lowest BCUT2D eigenvalue weighted by Crippen LogP contribution is -2.42. The van der Waals surface area contributed by atoms with Gasteiger partial charge in [0.1, 0.15) is 0 Å². The summed E-state index contributed by atoms with van der Waals surface area (Å²) in [5, 5.41) is 12.8. The topological polar surface area (TPSA) is 100 Å². The predicted molar refractivity (Wildman–Crippen MR) is 95.3 cm³/mol. The van der Waals surface area contributed by atoms with Gasteiger partial charge in [-0.1, -0.05) is 11.6 Å². The number of carbonyl (C=O) groups excluding carboxylic acids is 1. The van der Waals surface area contributed by atoms with Crippen molar-refractivity contribution in [2.75, 3.05) is 39.5 Å². The quantitative estimate of drug-likeness (QED) is 0.496. The number of nitrogens with one attached hydrogen (secondary N) is 1. The first kappa shape index (κ1) is 19.6. The third-order valence-corrected chi connectivity index (χ3v) is 4.10. The Morgan fingerprint density at radius 2 is 2.16 bits per heavy atom. The fourth-order valence-corrected chi connectivity index (χ4v) is 3.09. The number of hydrogen-bond acceptors (Lipinski definition) is 6. The van der Waals surface area contributed by atoms with Crippen molar-refractivity contribution in [3.8, 4) is 5.75 Å². The van der Waals surface area contributed by atoms with Gasteiger partial charge in [-0.05, 0) is 33.6 Å². The number of halogens is 2. The first-order valence-corrected chi connectivity index (χ1v) is 8.58. The Kier molecular flexibility index (Phi) is 7.63. The number of ether oxygens (including phenoxy) is 2. The minimum absolute atomic E-state index is 0.218.